The number of nitrogens with one attached hydrogen (secondary N) is 1. The van der Waals surface area contributed by atoms with E-state index in [1.54, 1.807) is 6.20 Å². The number of anilines is 1. The van der Waals surface area contributed by atoms with Gasteiger partial charge in [-0.05, 0) is 23.6 Å². The summed E-state index contributed by atoms with van der Waals surface area (Å²) in [6.45, 7) is 3.90. The number of amides is 1. The minimum atomic E-state index is -0.476. The van der Waals surface area contributed by atoms with Gasteiger partial charge in [0.15, 0.2) is 11.6 Å². The van der Waals surface area contributed by atoms with E-state index in [4.69, 9.17) is 4.74 Å². The van der Waals surface area contributed by atoms with E-state index in [2.05, 4.69) is 24.1 Å². The van der Waals surface area contributed by atoms with Gasteiger partial charge in [0.2, 0.25) is 0 Å². The lowest BCUT2D eigenvalue weighted by atomic mass is 10.0. The second kappa shape index (κ2) is 7.48. The minimum absolute atomic E-state index is 0.0464. The van der Waals surface area contributed by atoms with Gasteiger partial charge in [0.05, 0.1) is 12.1 Å². The summed E-state index contributed by atoms with van der Waals surface area (Å²) >= 11 is 1.49. The molecule has 0 radical (unpaired) electrons. The average Bonchev–Trinajstić information content (AvgIpc) is 3.15. The van der Waals surface area contributed by atoms with Crippen molar-refractivity contribution in [3.8, 4) is 0 Å². The first-order valence-corrected chi connectivity index (χ1v) is 8.86. The number of aromatic nitrogens is 2. The van der Waals surface area contributed by atoms with Crippen LogP contribution in [0.25, 0.3) is 4.96 Å². The predicted molar refractivity (Wildman–Crippen MR) is 96.9 cm³/mol. The lowest BCUT2D eigenvalue weighted by Crippen LogP contribution is -2.21. The van der Waals surface area contributed by atoms with Gasteiger partial charge in [-0.3, -0.25) is 14.0 Å². The van der Waals surface area contributed by atoms with E-state index < -0.39 is 5.97 Å². The highest BCUT2D eigenvalue weighted by Crippen LogP contribution is 2.17. The number of fused-ring (bicyclic) bond motifs is 1. The van der Waals surface area contributed by atoms with Crippen LogP contribution >= 0.6 is 11.3 Å². The standard InChI is InChI=1S/C18H19N3O3S/c1-12(2)13-3-5-14(6-4-13)19-16(22)11-24-17(23)9-15-10-21-7-8-25-18(21)20-15/h3-8,10,12H,9,11H2,1-2H3,(H,19,22). The molecule has 1 aromatic carbocycles. The van der Waals surface area contributed by atoms with Crippen molar-refractivity contribution in [2.75, 3.05) is 11.9 Å². The zero-order valence-corrected chi connectivity index (χ0v) is 14.9. The Kier molecular flexibility index (Phi) is 5.14. The van der Waals surface area contributed by atoms with Crippen LogP contribution in [-0.4, -0.2) is 27.9 Å². The second-order valence-electron chi connectivity index (χ2n) is 5.99. The van der Waals surface area contributed by atoms with Crippen molar-refractivity contribution in [1.29, 1.82) is 0 Å². The van der Waals surface area contributed by atoms with Crippen LogP contribution in [0.1, 0.15) is 31.0 Å². The van der Waals surface area contributed by atoms with E-state index in [0.29, 0.717) is 17.3 Å². The highest BCUT2D eigenvalue weighted by atomic mass is 32.1. The van der Waals surface area contributed by atoms with Crippen LogP contribution < -0.4 is 5.32 Å². The Hall–Kier alpha value is -2.67. The van der Waals surface area contributed by atoms with E-state index in [1.165, 1.54) is 16.9 Å². The fourth-order valence-electron chi connectivity index (χ4n) is 2.35. The van der Waals surface area contributed by atoms with Crippen LogP contribution in [0.15, 0.2) is 42.0 Å². The number of hydrogen-bond donors (Lipinski definition) is 1. The molecule has 1 N–H and O–H groups in total. The van der Waals surface area contributed by atoms with Gasteiger partial charge < -0.3 is 10.1 Å². The van der Waals surface area contributed by atoms with E-state index in [9.17, 15) is 9.59 Å². The van der Waals surface area contributed by atoms with Crippen LogP contribution in [0, 0.1) is 0 Å². The van der Waals surface area contributed by atoms with Crippen molar-refractivity contribution in [3.63, 3.8) is 0 Å². The van der Waals surface area contributed by atoms with Crippen LogP contribution in [0.2, 0.25) is 0 Å². The molecule has 1 amide bonds. The SMILES string of the molecule is CC(C)c1ccc(NC(=O)COC(=O)Cc2cn3ccsc3n2)cc1. The van der Waals surface area contributed by atoms with Gasteiger partial charge in [-0.1, -0.05) is 26.0 Å². The molecule has 6 nitrogen and oxygen atoms in total. The van der Waals surface area contributed by atoms with Crippen molar-refractivity contribution in [2.24, 2.45) is 0 Å². The number of esters is 1. The molecule has 0 atom stereocenters. The number of thiazole rings is 1. The number of carbonyl (C=O) groups is 2. The molecule has 0 unspecified atom stereocenters. The summed E-state index contributed by atoms with van der Waals surface area (Å²) in [5, 5.41) is 4.63. The van der Waals surface area contributed by atoms with E-state index in [1.807, 2.05) is 40.2 Å². The third kappa shape index (κ3) is 4.45. The Morgan fingerprint density at radius 2 is 2.04 bits per heavy atom. The van der Waals surface area contributed by atoms with E-state index >= 15 is 0 Å². The van der Waals surface area contributed by atoms with Gasteiger partial charge in [-0.15, -0.1) is 11.3 Å². The van der Waals surface area contributed by atoms with Crippen LogP contribution in [-0.2, 0) is 20.7 Å². The van der Waals surface area contributed by atoms with Crippen LogP contribution in [0.4, 0.5) is 5.69 Å². The lowest BCUT2D eigenvalue weighted by molar-refractivity contribution is -0.146. The molecule has 3 aromatic rings. The quantitative estimate of drug-likeness (QED) is 0.688. The van der Waals surface area contributed by atoms with E-state index in [-0.39, 0.29) is 18.9 Å². The molecule has 0 fully saturated rings. The molecule has 130 valence electrons. The summed E-state index contributed by atoms with van der Waals surface area (Å²) in [5.41, 5.74) is 2.51. The molecule has 2 heterocycles. The molecule has 7 heteroatoms. The summed E-state index contributed by atoms with van der Waals surface area (Å²) in [4.78, 5) is 28.9. The molecule has 0 bridgehead atoms. The lowest BCUT2D eigenvalue weighted by Gasteiger charge is -2.08. The zero-order chi connectivity index (χ0) is 17.8. The van der Waals surface area contributed by atoms with Gasteiger partial charge in [0.1, 0.15) is 0 Å². The molecule has 0 aliphatic carbocycles. The molecule has 0 saturated carbocycles. The molecular formula is C18H19N3O3S. The molecule has 2 aromatic heterocycles. The Labute approximate surface area is 149 Å². The maximum atomic E-state index is 11.9. The first kappa shape index (κ1) is 17.2. The molecule has 0 aliphatic heterocycles. The summed E-state index contributed by atoms with van der Waals surface area (Å²) in [7, 11) is 0. The highest BCUT2D eigenvalue weighted by molar-refractivity contribution is 7.15. The van der Waals surface area contributed by atoms with Gasteiger partial charge in [0, 0.05) is 23.5 Å². The summed E-state index contributed by atoms with van der Waals surface area (Å²) in [6, 6.07) is 7.62. The van der Waals surface area contributed by atoms with Gasteiger partial charge in [-0.25, -0.2) is 4.98 Å². The van der Waals surface area contributed by atoms with Crippen LogP contribution in [0.5, 0.6) is 0 Å². The minimum Gasteiger partial charge on any atom is -0.455 e. The van der Waals surface area contributed by atoms with Crippen molar-refractivity contribution >= 4 is 33.9 Å². The average molecular weight is 357 g/mol. The van der Waals surface area contributed by atoms with Crippen molar-refractivity contribution in [3.05, 3.63) is 53.3 Å². The highest BCUT2D eigenvalue weighted by Gasteiger charge is 2.12. The van der Waals surface area contributed by atoms with Crippen LogP contribution in [0.3, 0.4) is 0 Å². The Morgan fingerprint density at radius 3 is 2.72 bits per heavy atom. The fourth-order valence-corrected chi connectivity index (χ4v) is 3.07. The summed E-state index contributed by atoms with van der Waals surface area (Å²) < 4.78 is 6.87. The smallest absolute Gasteiger partial charge is 0.312 e. The number of hydrogen-bond acceptors (Lipinski definition) is 5. The monoisotopic (exact) mass is 357 g/mol. The topological polar surface area (TPSA) is 72.7 Å². The maximum absolute atomic E-state index is 11.9. The molecule has 3 rings (SSSR count). The largest absolute Gasteiger partial charge is 0.455 e. The van der Waals surface area contributed by atoms with Crippen molar-refractivity contribution in [2.45, 2.75) is 26.2 Å². The number of imidazole rings is 1. The first-order valence-electron chi connectivity index (χ1n) is 7.98. The van der Waals surface area contributed by atoms with Gasteiger partial charge in [-0.2, -0.15) is 0 Å². The Bertz CT molecular complexity index is 852. The third-order valence-corrected chi connectivity index (χ3v) is 4.46. The summed E-state index contributed by atoms with van der Waals surface area (Å²) in [5.74, 6) is -0.406. The number of rotatable bonds is 6. The predicted octanol–water partition coefficient (Wildman–Crippen LogP) is 3.24. The molecule has 0 spiro atoms. The second-order valence-corrected chi connectivity index (χ2v) is 6.86. The Balaban J connectivity index is 1.46. The third-order valence-electron chi connectivity index (χ3n) is 3.69. The maximum Gasteiger partial charge on any atom is 0.312 e. The molecule has 0 saturated heterocycles. The number of nitrogens with zero attached hydrogens (tertiary/aromatic N) is 2. The Morgan fingerprint density at radius 1 is 1.28 bits per heavy atom. The fraction of sp³-hybridized carbons (Fsp3) is 0.278. The molecule has 0 aliphatic rings. The summed E-state index contributed by atoms with van der Waals surface area (Å²) in [6.07, 6.45) is 3.70. The van der Waals surface area contributed by atoms with Gasteiger partial charge >= 0.3 is 5.97 Å². The van der Waals surface area contributed by atoms with Gasteiger partial charge in [0.25, 0.3) is 5.91 Å². The number of benzene rings is 1. The first-order chi connectivity index (χ1) is 12.0. The number of carbonyl (C=O) groups excluding carboxylic acids is 2. The molecular weight excluding hydrogens is 338 g/mol. The zero-order valence-electron chi connectivity index (χ0n) is 14.1. The van der Waals surface area contributed by atoms with Crippen molar-refractivity contribution < 1.29 is 14.3 Å². The number of ether oxygens (including phenoxy) is 1. The normalized spacial score (nSPS) is 11.0. The van der Waals surface area contributed by atoms with E-state index in [0.717, 1.165) is 4.96 Å². The van der Waals surface area contributed by atoms with Crippen molar-refractivity contribution in [1.82, 2.24) is 9.38 Å². The molecule has 25 heavy (non-hydrogen) atoms.